The van der Waals surface area contributed by atoms with Crippen LogP contribution in [0, 0.1) is 31.0 Å². The van der Waals surface area contributed by atoms with Crippen LogP contribution in [-0.2, 0) is 7.05 Å². The van der Waals surface area contributed by atoms with Gasteiger partial charge in [-0.25, -0.2) is 4.39 Å². The van der Waals surface area contributed by atoms with Gasteiger partial charge in [0.1, 0.15) is 23.3 Å². The van der Waals surface area contributed by atoms with Crippen LogP contribution in [0.3, 0.4) is 0 Å². The summed E-state index contributed by atoms with van der Waals surface area (Å²) in [6.45, 7) is 3.57. The van der Waals surface area contributed by atoms with Gasteiger partial charge in [-0.2, -0.15) is 10.4 Å². The lowest BCUT2D eigenvalue weighted by Crippen LogP contribution is -2.02. The summed E-state index contributed by atoms with van der Waals surface area (Å²) >= 11 is 0. The van der Waals surface area contributed by atoms with Crippen LogP contribution in [0.4, 0.5) is 15.9 Å². The summed E-state index contributed by atoms with van der Waals surface area (Å²) in [7, 11) is 1.71. The molecule has 4 nitrogen and oxygen atoms in total. The zero-order valence-electron chi connectivity index (χ0n) is 10.5. The van der Waals surface area contributed by atoms with Crippen LogP contribution in [-0.4, -0.2) is 9.78 Å². The van der Waals surface area contributed by atoms with Crippen molar-refractivity contribution >= 4 is 11.5 Å². The number of rotatable bonds is 2. The van der Waals surface area contributed by atoms with E-state index in [0.29, 0.717) is 22.8 Å². The van der Waals surface area contributed by atoms with Gasteiger partial charge in [-0.15, -0.1) is 0 Å². The number of halogens is 1. The molecule has 1 aromatic heterocycles. The minimum Gasteiger partial charge on any atom is -0.337 e. The molecule has 0 saturated heterocycles. The number of nitrogens with zero attached hydrogens (tertiary/aromatic N) is 3. The molecule has 1 aromatic carbocycles. The number of anilines is 2. The standard InChI is InChI=1S/C13H13FN4/c1-8-4-5-12(11(14)6-8)16-13-10(7-15)9(2)17-18(13)3/h4-6,16H,1-3H3. The Kier molecular flexibility index (Phi) is 3.02. The molecule has 92 valence electrons. The molecule has 0 spiro atoms. The van der Waals surface area contributed by atoms with E-state index >= 15 is 0 Å². The first-order valence-corrected chi connectivity index (χ1v) is 5.50. The molecule has 0 aliphatic rings. The summed E-state index contributed by atoms with van der Waals surface area (Å²) in [5.41, 5.74) is 2.23. The van der Waals surface area contributed by atoms with Gasteiger partial charge in [0.2, 0.25) is 0 Å². The first-order chi connectivity index (χ1) is 8.52. The molecule has 0 aliphatic heterocycles. The summed E-state index contributed by atoms with van der Waals surface area (Å²) in [6.07, 6.45) is 0. The Bertz CT molecular complexity index is 637. The van der Waals surface area contributed by atoms with Gasteiger partial charge in [-0.05, 0) is 31.5 Å². The molecule has 0 fully saturated rings. The number of aryl methyl sites for hydroxylation is 3. The third-order valence-electron chi connectivity index (χ3n) is 2.71. The normalized spacial score (nSPS) is 10.2. The number of aromatic nitrogens is 2. The highest BCUT2D eigenvalue weighted by Crippen LogP contribution is 2.24. The molecule has 0 atom stereocenters. The Morgan fingerprint density at radius 2 is 2.11 bits per heavy atom. The second kappa shape index (κ2) is 4.49. The second-order valence-corrected chi connectivity index (χ2v) is 4.15. The van der Waals surface area contributed by atoms with Crippen molar-refractivity contribution in [2.45, 2.75) is 13.8 Å². The summed E-state index contributed by atoms with van der Waals surface area (Å²) in [5, 5.41) is 16.1. The molecule has 0 amide bonds. The van der Waals surface area contributed by atoms with E-state index in [0.717, 1.165) is 5.56 Å². The van der Waals surface area contributed by atoms with Gasteiger partial charge >= 0.3 is 0 Å². The van der Waals surface area contributed by atoms with Crippen LogP contribution < -0.4 is 5.32 Å². The molecule has 0 radical (unpaired) electrons. The fourth-order valence-electron chi connectivity index (χ4n) is 1.78. The molecule has 0 aliphatic carbocycles. The quantitative estimate of drug-likeness (QED) is 0.883. The van der Waals surface area contributed by atoms with E-state index in [4.69, 9.17) is 5.26 Å². The van der Waals surface area contributed by atoms with Crippen molar-refractivity contribution in [2.24, 2.45) is 7.05 Å². The van der Waals surface area contributed by atoms with Crippen molar-refractivity contribution in [1.29, 1.82) is 5.26 Å². The van der Waals surface area contributed by atoms with Crippen molar-refractivity contribution < 1.29 is 4.39 Å². The first-order valence-electron chi connectivity index (χ1n) is 5.50. The van der Waals surface area contributed by atoms with Gasteiger partial charge in [0.15, 0.2) is 0 Å². The van der Waals surface area contributed by atoms with Crippen LogP contribution >= 0.6 is 0 Å². The van der Waals surface area contributed by atoms with Crippen LogP contribution in [0.25, 0.3) is 0 Å². The predicted molar refractivity (Wildman–Crippen MR) is 67.1 cm³/mol. The molecule has 18 heavy (non-hydrogen) atoms. The molecular weight excluding hydrogens is 231 g/mol. The fraction of sp³-hybridized carbons (Fsp3) is 0.231. The van der Waals surface area contributed by atoms with Crippen LogP contribution in [0.15, 0.2) is 18.2 Å². The maximum absolute atomic E-state index is 13.7. The summed E-state index contributed by atoms with van der Waals surface area (Å²) in [4.78, 5) is 0. The van der Waals surface area contributed by atoms with E-state index in [9.17, 15) is 4.39 Å². The molecule has 1 N–H and O–H groups in total. The van der Waals surface area contributed by atoms with E-state index in [1.807, 2.05) is 6.92 Å². The molecule has 0 bridgehead atoms. The number of hydrogen-bond donors (Lipinski definition) is 1. The van der Waals surface area contributed by atoms with E-state index in [2.05, 4.69) is 16.5 Å². The lowest BCUT2D eigenvalue weighted by atomic mass is 10.2. The smallest absolute Gasteiger partial charge is 0.146 e. The average Bonchev–Trinajstić information content (AvgIpc) is 2.57. The van der Waals surface area contributed by atoms with Crippen molar-refractivity contribution in [2.75, 3.05) is 5.32 Å². The van der Waals surface area contributed by atoms with Gasteiger partial charge in [0.25, 0.3) is 0 Å². The van der Waals surface area contributed by atoms with Gasteiger partial charge in [0.05, 0.1) is 11.4 Å². The van der Waals surface area contributed by atoms with Gasteiger partial charge in [-0.3, -0.25) is 4.68 Å². The number of hydrogen-bond acceptors (Lipinski definition) is 3. The highest BCUT2D eigenvalue weighted by Gasteiger charge is 2.14. The topological polar surface area (TPSA) is 53.6 Å². The Balaban J connectivity index is 2.43. The molecule has 5 heteroatoms. The number of nitrogens with one attached hydrogen (secondary N) is 1. The molecule has 1 heterocycles. The van der Waals surface area contributed by atoms with E-state index in [1.165, 1.54) is 10.7 Å². The fourth-order valence-corrected chi connectivity index (χ4v) is 1.78. The minimum absolute atomic E-state index is 0.333. The first kappa shape index (κ1) is 12.1. The van der Waals surface area contributed by atoms with Crippen LogP contribution in [0.2, 0.25) is 0 Å². The molecule has 0 unspecified atom stereocenters. The third kappa shape index (κ3) is 2.05. The second-order valence-electron chi connectivity index (χ2n) is 4.15. The summed E-state index contributed by atoms with van der Waals surface area (Å²) in [5.74, 6) is 0.149. The average molecular weight is 244 g/mol. The zero-order valence-corrected chi connectivity index (χ0v) is 10.5. The summed E-state index contributed by atoms with van der Waals surface area (Å²) in [6, 6.07) is 6.96. The Labute approximate surface area is 105 Å². The monoisotopic (exact) mass is 244 g/mol. The number of benzene rings is 1. The van der Waals surface area contributed by atoms with E-state index < -0.39 is 0 Å². The minimum atomic E-state index is -0.349. The molecule has 2 rings (SSSR count). The maximum atomic E-state index is 13.7. The van der Waals surface area contributed by atoms with Gasteiger partial charge in [0, 0.05) is 7.05 Å². The molecule has 0 saturated carbocycles. The van der Waals surface area contributed by atoms with Gasteiger partial charge in [-0.1, -0.05) is 6.07 Å². The highest BCUT2D eigenvalue weighted by atomic mass is 19.1. The SMILES string of the molecule is Cc1ccc(Nc2c(C#N)c(C)nn2C)c(F)c1. The molecule has 2 aromatic rings. The predicted octanol–water partition coefficient (Wildman–Crippen LogP) is 2.79. The van der Waals surface area contributed by atoms with Crippen molar-refractivity contribution in [1.82, 2.24) is 9.78 Å². The van der Waals surface area contributed by atoms with Crippen molar-refractivity contribution in [3.05, 3.63) is 40.8 Å². The van der Waals surface area contributed by atoms with Crippen molar-refractivity contribution in [3.8, 4) is 6.07 Å². The molecular formula is C13H13FN4. The van der Waals surface area contributed by atoms with Gasteiger partial charge < -0.3 is 5.32 Å². The van der Waals surface area contributed by atoms with E-state index in [1.54, 1.807) is 26.1 Å². The van der Waals surface area contributed by atoms with E-state index in [-0.39, 0.29) is 5.82 Å². The lowest BCUT2D eigenvalue weighted by Gasteiger charge is -2.08. The zero-order chi connectivity index (χ0) is 13.3. The third-order valence-corrected chi connectivity index (χ3v) is 2.71. The summed E-state index contributed by atoms with van der Waals surface area (Å²) < 4.78 is 15.3. The Morgan fingerprint density at radius 3 is 2.72 bits per heavy atom. The Morgan fingerprint density at radius 1 is 1.39 bits per heavy atom. The number of nitriles is 1. The van der Waals surface area contributed by atoms with Crippen LogP contribution in [0.1, 0.15) is 16.8 Å². The van der Waals surface area contributed by atoms with Crippen molar-refractivity contribution in [3.63, 3.8) is 0 Å². The van der Waals surface area contributed by atoms with Crippen LogP contribution in [0.5, 0.6) is 0 Å². The highest BCUT2D eigenvalue weighted by molar-refractivity contribution is 5.65. The lowest BCUT2D eigenvalue weighted by molar-refractivity contribution is 0.630. The maximum Gasteiger partial charge on any atom is 0.146 e. The largest absolute Gasteiger partial charge is 0.337 e. The Hall–Kier alpha value is -2.35.